The monoisotopic (exact) mass is 229 g/mol. The van der Waals surface area contributed by atoms with Crippen molar-refractivity contribution in [3.8, 4) is 11.3 Å². The molecule has 2 N–H and O–H groups in total. The first-order chi connectivity index (χ1) is 8.24. The predicted molar refractivity (Wildman–Crippen MR) is 70.8 cm³/mol. The highest BCUT2D eigenvalue weighted by atomic mass is 15.1. The summed E-state index contributed by atoms with van der Waals surface area (Å²) in [6.45, 7) is 4.88. The van der Waals surface area contributed by atoms with E-state index in [-0.39, 0.29) is 0 Å². The van der Waals surface area contributed by atoms with E-state index in [1.54, 1.807) is 0 Å². The third-order valence-electron chi connectivity index (χ3n) is 3.11. The summed E-state index contributed by atoms with van der Waals surface area (Å²) < 4.78 is 2.06. The number of benzene rings is 1. The number of nitrogens with zero attached hydrogens (tertiary/aromatic N) is 2. The van der Waals surface area contributed by atoms with Gasteiger partial charge in [0.1, 0.15) is 0 Å². The number of hydrogen-bond acceptors (Lipinski definition) is 2. The first-order valence-electron chi connectivity index (χ1n) is 6.07. The lowest BCUT2D eigenvalue weighted by Crippen LogP contribution is -2.14. The molecule has 0 spiro atoms. The lowest BCUT2D eigenvalue weighted by atomic mass is 10.1. The second-order valence-electron chi connectivity index (χ2n) is 4.34. The lowest BCUT2D eigenvalue weighted by molar-refractivity contribution is 0.558. The molecule has 1 aromatic carbocycles. The highest BCUT2D eigenvalue weighted by molar-refractivity contribution is 5.58. The average molecular weight is 229 g/mol. The van der Waals surface area contributed by atoms with Crippen molar-refractivity contribution in [2.45, 2.75) is 26.3 Å². The maximum atomic E-state index is 5.64. The van der Waals surface area contributed by atoms with E-state index < -0.39 is 0 Å². The van der Waals surface area contributed by atoms with Crippen LogP contribution < -0.4 is 5.73 Å². The van der Waals surface area contributed by atoms with Crippen molar-refractivity contribution in [2.24, 2.45) is 5.73 Å². The van der Waals surface area contributed by atoms with Crippen LogP contribution in [0.5, 0.6) is 0 Å². The zero-order valence-corrected chi connectivity index (χ0v) is 10.4. The molecule has 3 nitrogen and oxygen atoms in total. The van der Waals surface area contributed by atoms with Gasteiger partial charge in [-0.25, -0.2) is 4.98 Å². The van der Waals surface area contributed by atoms with E-state index in [0.717, 1.165) is 17.7 Å². The van der Waals surface area contributed by atoms with E-state index >= 15 is 0 Å². The summed E-state index contributed by atoms with van der Waals surface area (Å²) in [5.74, 6) is 0. The average Bonchev–Trinajstić information content (AvgIpc) is 2.87. The second kappa shape index (κ2) is 5.15. The summed E-state index contributed by atoms with van der Waals surface area (Å²) in [4.78, 5) is 4.42. The van der Waals surface area contributed by atoms with E-state index in [1.807, 2.05) is 6.33 Å². The highest BCUT2D eigenvalue weighted by Gasteiger charge is 2.05. The Hall–Kier alpha value is -1.61. The van der Waals surface area contributed by atoms with Crippen LogP contribution in [0.2, 0.25) is 0 Å². The molecular formula is C14H19N3. The van der Waals surface area contributed by atoms with Crippen LogP contribution in [0.1, 0.15) is 25.5 Å². The zero-order valence-electron chi connectivity index (χ0n) is 10.4. The van der Waals surface area contributed by atoms with E-state index in [1.165, 1.54) is 5.56 Å². The number of hydrogen-bond donors (Lipinski definition) is 1. The Morgan fingerprint density at radius 1 is 1.29 bits per heavy atom. The topological polar surface area (TPSA) is 43.8 Å². The fourth-order valence-electron chi connectivity index (χ4n) is 1.76. The smallest absolute Gasteiger partial charge is 0.0956 e. The molecule has 0 saturated carbocycles. The van der Waals surface area contributed by atoms with E-state index in [2.05, 4.69) is 53.9 Å². The van der Waals surface area contributed by atoms with Gasteiger partial charge in [-0.15, -0.1) is 0 Å². The van der Waals surface area contributed by atoms with Crippen molar-refractivity contribution in [2.75, 3.05) is 6.54 Å². The van der Waals surface area contributed by atoms with E-state index in [0.29, 0.717) is 12.6 Å². The number of aryl methyl sites for hydroxylation is 1. The largest absolute Gasteiger partial charge is 0.333 e. The van der Waals surface area contributed by atoms with E-state index in [9.17, 15) is 0 Å². The fourth-order valence-corrected chi connectivity index (χ4v) is 1.76. The summed E-state index contributed by atoms with van der Waals surface area (Å²) in [6, 6.07) is 8.85. The number of nitrogens with two attached hydrogens (primary N) is 1. The molecule has 0 aliphatic carbocycles. The van der Waals surface area contributed by atoms with Gasteiger partial charge in [0.25, 0.3) is 0 Å². The molecule has 1 heterocycles. The van der Waals surface area contributed by atoms with Crippen LogP contribution in [0, 0.1) is 0 Å². The first-order valence-corrected chi connectivity index (χ1v) is 6.07. The van der Waals surface area contributed by atoms with Gasteiger partial charge < -0.3 is 10.3 Å². The van der Waals surface area contributed by atoms with Crippen LogP contribution >= 0.6 is 0 Å². The normalized spacial score (nSPS) is 12.6. The predicted octanol–water partition coefficient (Wildman–Crippen LogP) is 2.63. The molecule has 0 saturated heterocycles. The number of imidazole rings is 1. The minimum atomic E-state index is 0.297. The van der Waals surface area contributed by atoms with Gasteiger partial charge in [0.05, 0.1) is 12.0 Å². The summed E-state index contributed by atoms with van der Waals surface area (Å²) >= 11 is 0. The SMILES string of the molecule is CCc1ccc(-c2cn([C@@H](C)CN)cn2)cc1. The molecule has 3 heteroatoms. The van der Waals surface area contributed by atoms with Gasteiger partial charge in [-0.2, -0.15) is 0 Å². The molecule has 0 bridgehead atoms. The number of aromatic nitrogens is 2. The third-order valence-corrected chi connectivity index (χ3v) is 3.11. The van der Waals surface area contributed by atoms with Gasteiger partial charge in [-0.3, -0.25) is 0 Å². The maximum Gasteiger partial charge on any atom is 0.0956 e. The van der Waals surface area contributed by atoms with Crippen LogP contribution in [-0.4, -0.2) is 16.1 Å². The zero-order chi connectivity index (χ0) is 12.3. The quantitative estimate of drug-likeness (QED) is 0.875. The van der Waals surface area contributed by atoms with Crippen LogP contribution in [0.15, 0.2) is 36.8 Å². The van der Waals surface area contributed by atoms with Crippen LogP contribution in [0.25, 0.3) is 11.3 Å². The molecule has 0 amide bonds. The number of rotatable bonds is 4. The van der Waals surface area contributed by atoms with Gasteiger partial charge in [0.2, 0.25) is 0 Å². The van der Waals surface area contributed by atoms with Gasteiger partial charge in [-0.05, 0) is 18.9 Å². The molecule has 1 aromatic heterocycles. The first kappa shape index (κ1) is 11.9. The summed E-state index contributed by atoms with van der Waals surface area (Å²) in [6.07, 6.45) is 4.97. The molecular weight excluding hydrogens is 210 g/mol. The Morgan fingerprint density at radius 3 is 2.59 bits per heavy atom. The van der Waals surface area contributed by atoms with Crippen molar-refractivity contribution in [1.82, 2.24) is 9.55 Å². The van der Waals surface area contributed by atoms with Crippen molar-refractivity contribution < 1.29 is 0 Å². The highest BCUT2D eigenvalue weighted by Crippen LogP contribution is 2.19. The Bertz CT molecular complexity index is 470. The molecule has 0 unspecified atom stereocenters. The van der Waals surface area contributed by atoms with Gasteiger partial charge in [0.15, 0.2) is 0 Å². The maximum absolute atomic E-state index is 5.64. The molecule has 0 radical (unpaired) electrons. The van der Waals surface area contributed by atoms with E-state index in [4.69, 9.17) is 5.73 Å². The van der Waals surface area contributed by atoms with Crippen LogP contribution in [-0.2, 0) is 6.42 Å². The van der Waals surface area contributed by atoms with Gasteiger partial charge in [0, 0.05) is 24.3 Å². The Labute approximate surface area is 102 Å². The van der Waals surface area contributed by atoms with Crippen LogP contribution in [0.4, 0.5) is 0 Å². The molecule has 2 aromatic rings. The Morgan fingerprint density at radius 2 is 2.00 bits per heavy atom. The fraction of sp³-hybridized carbons (Fsp3) is 0.357. The Kier molecular flexibility index (Phi) is 3.59. The minimum Gasteiger partial charge on any atom is -0.333 e. The lowest BCUT2D eigenvalue weighted by Gasteiger charge is -2.08. The van der Waals surface area contributed by atoms with Crippen LogP contribution in [0.3, 0.4) is 0 Å². The van der Waals surface area contributed by atoms with Crippen molar-refractivity contribution in [3.63, 3.8) is 0 Å². The molecule has 0 aliphatic heterocycles. The standard InChI is InChI=1S/C14H19N3/c1-3-12-4-6-13(7-5-12)14-9-17(10-16-14)11(2)8-15/h4-7,9-11H,3,8,15H2,1-2H3/t11-/m0/s1. The molecule has 0 aliphatic rings. The summed E-state index contributed by atoms with van der Waals surface area (Å²) in [5.41, 5.74) is 9.16. The summed E-state index contributed by atoms with van der Waals surface area (Å²) in [7, 11) is 0. The van der Waals surface area contributed by atoms with Crippen molar-refractivity contribution in [1.29, 1.82) is 0 Å². The molecule has 2 rings (SSSR count). The molecule has 17 heavy (non-hydrogen) atoms. The summed E-state index contributed by atoms with van der Waals surface area (Å²) in [5, 5.41) is 0. The van der Waals surface area contributed by atoms with Crippen molar-refractivity contribution >= 4 is 0 Å². The van der Waals surface area contributed by atoms with Gasteiger partial charge in [-0.1, -0.05) is 31.2 Å². The molecule has 90 valence electrons. The molecule has 1 atom stereocenters. The Balaban J connectivity index is 2.24. The molecule has 0 fully saturated rings. The van der Waals surface area contributed by atoms with Crippen molar-refractivity contribution in [3.05, 3.63) is 42.4 Å². The third kappa shape index (κ3) is 2.56. The second-order valence-corrected chi connectivity index (χ2v) is 4.34. The van der Waals surface area contributed by atoms with Gasteiger partial charge >= 0.3 is 0 Å². The minimum absolute atomic E-state index is 0.297.